The lowest BCUT2D eigenvalue weighted by molar-refractivity contribution is -0.117. The van der Waals surface area contributed by atoms with E-state index >= 15 is 0 Å². The zero-order chi connectivity index (χ0) is 13.9. The maximum atomic E-state index is 13.5. The Hall–Kier alpha value is -1.49. The van der Waals surface area contributed by atoms with Crippen LogP contribution in [0.1, 0.15) is 25.8 Å². The number of nitrogens with two attached hydrogens (primary N) is 1. The van der Waals surface area contributed by atoms with E-state index in [0.29, 0.717) is 6.42 Å². The van der Waals surface area contributed by atoms with E-state index in [4.69, 9.17) is 5.73 Å². The van der Waals surface area contributed by atoms with E-state index in [1.165, 1.54) is 6.92 Å². The number of hydrogen-bond donors (Lipinski definition) is 2. The highest BCUT2D eigenvalue weighted by atomic mass is 19.1. The minimum Gasteiger partial charge on any atom is -0.322 e. The van der Waals surface area contributed by atoms with Crippen LogP contribution in [0.4, 0.5) is 14.5 Å². The first kappa shape index (κ1) is 14.6. The van der Waals surface area contributed by atoms with Gasteiger partial charge >= 0.3 is 0 Å². The predicted octanol–water partition coefficient (Wildman–Crippen LogP) is 2.59. The third kappa shape index (κ3) is 3.77. The molecule has 1 amide bonds. The molecular weight excluding hydrogens is 238 g/mol. The normalized spacial score (nSPS) is 12.6. The molecule has 1 rings (SSSR count). The van der Waals surface area contributed by atoms with Crippen molar-refractivity contribution < 1.29 is 13.6 Å². The van der Waals surface area contributed by atoms with Crippen molar-refractivity contribution in [2.75, 3.05) is 5.32 Å². The molecule has 0 aliphatic carbocycles. The Balaban J connectivity index is 2.79. The summed E-state index contributed by atoms with van der Waals surface area (Å²) in [7, 11) is 0. The number of anilines is 1. The Labute approximate surface area is 105 Å². The molecule has 1 aromatic rings. The quantitative estimate of drug-likeness (QED) is 0.870. The van der Waals surface area contributed by atoms with E-state index in [1.807, 2.05) is 13.8 Å². The average Bonchev–Trinajstić information content (AvgIpc) is 2.24. The number of halogens is 2. The summed E-state index contributed by atoms with van der Waals surface area (Å²) in [6.07, 6.45) is 0.488. The van der Waals surface area contributed by atoms with Gasteiger partial charge in [-0.05, 0) is 30.9 Å². The van der Waals surface area contributed by atoms with Crippen molar-refractivity contribution in [3.05, 3.63) is 29.3 Å². The largest absolute Gasteiger partial charge is 0.322 e. The zero-order valence-corrected chi connectivity index (χ0v) is 10.8. The average molecular weight is 256 g/mol. The first-order valence-electron chi connectivity index (χ1n) is 5.83. The van der Waals surface area contributed by atoms with Crippen molar-refractivity contribution >= 4 is 11.6 Å². The molecule has 3 nitrogen and oxygen atoms in total. The fourth-order valence-electron chi connectivity index (χ4n) is 1.58. The van der Waals surface area contributed by atoms with Gasteiger partial charge in [0.25, 0.3) is 0 Å². The summed E-state index contributed by atoms with van der Waals surface area (Å²) in [5.41, 5.74) is 5.67. The molecule has 0 aliphatic heterocycles. The molecule has 5 heteroatoms. The van der Waals surface area contributed by atoms with Gasteiger partial charge < -0.3 is 11.1 Å². The standard InChI is InChI=1S/C13H18F2N2O/c1-7(2)4-11(16)13(18)17-12-6-9(14)8(3)5-10(12)15/h5-7,11H,4,16H2,1-3H3,(H,17,18)/t11-/m1/s1. The zero-order valence-electron chi connectivity index (χ0n) is 10.8. The summed E-state index contributed by atoms with van der Waals surface area (Å²) in [5, 5.41) is 2.30. The van der Waals surface area contributed by atoms with Gasteiger partial charge in [0.2, 0.25) is 5.91 Å². The van der Waals surface area contributed by atoms with E-state index in [0.717, 1.165) is 12.1 Å². The molecule has 3 N–H and O–H groups in total. The lowest BCUT2D eigenvalue weighted by Crippen LogP contribution is -2.36. The first-order valence-corrected chi connectivity index (χ1v) is 5.83. The number of carbonyl (C=O) groups is 1. The molecule has 100 valence electrons. The number of rotatable bonds is 4. The number of amides is 1. The third-order valence-electron chi connectivity index (χ3n) is 2.57. The number of carbonyl (C=O) groups excluding carboxylic acids is 1. The molecule has 0 spiro atoms. The molecule has 0 saturated heterocycles. The predicted molar refractivity (Wildman–Crippen MR) is 67.2 cm³/mol. The monoisotopic (exact) mass is 256 g/mol. The molecule has 0 aromatic heterocycles. The van der Waals surface area contributed by atoms with Gasteiger partial charge in [0, 0.05) is 6.07 Å². The summed E-state index contributed by atoms with van der Waals surface area (Å²) >= 11 is 0. The Morgan fingerprint density at radius 1 is 1.33 bits per heavy atom. The van der Waals surface area contributed by atoms with Crippen molar-refractivity contribution in [1.29, 1.82) is 0 Å². The molecule has 0 unspecified atom stereocenters. The molecule has 18 heavy (non-hydrogen) atoms. The van der Waals surface area contributed by atoms with Gasteiger partial charge in [-0.3, -0.25) is 4.79 Å². The van der Waals surface area contributed by atoms with Gasteiger partial charge in [-0.1, -0.05) is 13.8 Å². The van der Waals surface area contributed by atoms with Crippen LogP contribution in [-0.4, -0.2) is 11.9 Å². The van der Waals surface area contributed by atoms with Gasteiger partial charge in [-0.2, -0.15) is 0 Å². The Bertz CT molecular complexity index is 447. The molecule has 1 atom stereocenters. The van der Waals surface area contributed by atoms with E-state index in [2.05, 4.69) is 5.32 Å². The summed E-state index contributed by atoms with van der Waals surface area (Å²) in [4.78, 5) is 11.7. The lowest BCUT2D eigenvalue weighted by Gasteiger charge is -2.14. The van der Waals surface area contributed by atoms with Crippen molar-refractivity contribution in [2.24, 2.45) is 11.7 Å². The highest BCUT2D eigenvalue weighted by molar-refractivity contribution is 5.94. The summed E-state index contributed by atoms with van der Waals surface area (Å²) in [6, 6.07) is 1.28. The Morgan fingerprint density at radius 2 is 1.94 bits per heavy atom. The molecule has 0 fully saturated rings. The number of nitrogens with one attached hydrogen (secondary N) is 1. The second-order valence-electron chi connectivity index (χ2n) is 4.81. The molecule has 0 radical (unpaired) electrons. The maximum Gasteiger partial charge on any atom is 0.241 e. The van der Waals surface area contributed by atoms with Crippen LogP contribution >= 0.6 is 0 Å². The van der Waals surface area contributed by atoms with Gasteiger partial charge in [-0.25, -0.2) is 8.78 Å². The lowest BCUT2D eigenvalue weighted by atomic mass is 10.0. The molecule has 1 aromatic carbocycles. The molecule has 0 aliphatic rings. The van der Waals surface area contributed by atoms with Crippen LogP contribution in [0.25, 0.3) is 0 Å². The highest BCUT2D eigenvalue weighted by Crippen LogP contribution is 2.19. The van der Waals surface area contributed by atoms with Gasteiger partial charge in [0.1, 0.15) is 11.6 Å². The second kappa shape index (κ2) is 5.91. The Morgan fingerprint density at radius 3 is 2.50 bits per heavy atom. The fourth-order valence-corrected chi connectivity index (χ4v) is 1.58. The number of hydrogen-bond acceptors (Lipinski definition) is 2. The first-order chi connectivity index (χ1) is 8.31. The van der Waals surface area contributed by atoms with Crippen molar-refractivity contribution in [3.8, 4) is 0 Å². The molecule has 0 heterocycles. The van der Waals surface area contributed by atoms with Gasteiger partial charge in [0.15, 0.2) is 0 Å². The maximum absolute atomic E-state index is 13.5. The van der Waals surface area contributed by atoms with E-state index in [-0.39, 0.29) is 17.2 Å². The fraction of sp³-hybridized carbons (Fsp3) is 0.462. The van der Waals surface area contributed by atoms with E-state index < -0.39 is 23.6 Å². The van der Waals surface area contributed by atoms with E-state index in [1.54, 1.807) is 0 Å². The van der Waals surface area contributed by atoms with E-state index in [9.17, 15) is 13.6 Å². The van der Waals surface area contributed by atoms with Crippen LogP contribution in [0.15, 0.2) is 12.1 Å². The van der Waals surface area contributed by atoms with Crippen LogP contribution in [-0.2, 0) is 4.79 Å². The van der Waals surface area contributed by atoms with Crippen molar-refractivity contribution in [1.82, 2.24) is 0 Å². The number of aryl methyl sites for hydroxylation is 1. The van der Waals surface area contributed by atoms with Crippen LogP contribution in [0.3, 0.4) is 0 Å². The molecule has 0 bridgehead atoms. The van der Waals surface area contributed by atoms with Crippen molar-refractivity contribution in [2.45, 2.75) is 33.2 Å². The molecule has 0 saturated carbocycles. The molecular formula is C13H18F2N2O. The summed E-state index contributed by atoms with van der Waals surface area (Å²) < 4.78 is 26.8. The van der Waals surface area contributed by atoms with Gasteiger partial charge in [0.05, 0.1) is 11.7 Å². The summed E-state index contributed by atoms with van der Waals surface area (Å²) in [5.74, 6) is -1.49. The minimum atomic E-state index is -0.728. The Kier molecular flexibility index (Phi) is 4.78. The topological polar surface area (TPSA) is 55.1 Å². The smallest absolute Gasteiger partial charge is 0.241 e. The van der Waals surface area contributed by atoms with Gasteiger partial charge in [-0.15, -0.1) is 0 Å². The van der Waals surface area contributed by atoms with Crippen LogP contribution < -0.4 is 11.1 Å². The van der Waals surface area contributed by atoms with Crippen LogP contribution in [0.2, 0.25) is 0 Å². The third-order valence-corrected chi connectivity index (χ3v) is 2.57. The van der Waals surface area contributed by atoms with Crippen LogP contribution in [0, 0.1) is 24.5 Å². The SMILES string of the molecule is Cc1cc(F)c(NC(=O)[C@H](N)CC(C)C)cc1F. The highest BCUT2D eigenvalue weighted by Gasteiger charge is 2.17. The van der Waals surface area contributed by atoms with Crippen LogP contribution in [0.5, 0.6) is 0 Å². The second-order valence-corrected chi connectivity index (χ2v) is 4.81. The summed E-state index contributed by atoms with van der Waals surface area (Å²) in [6.45, 7) is 5.31. The van der Waals surface area contributed by atoms with Crippen molar-refractivity contribution in [3.63, 3.8) is 0 Å². The minimum absolute atomic E-state index is 0.178. The number of benzene rings is 1.